The van der Waals surface area contributed by atoms with Crippen molar-refractivity contribution in [1.82, 2.24) is 19.4 Å². The van der Waals surface area contributed by atoms with Gasteiger partial charge in [0.05, 0.1) is 17.6 Å². The highest BCUT2D eigenvalue weighted by atomic mass is 35.5. The number of thiazole rings is 1. The van der Waals surface area contributed by atoms with Crippen LogP contribution in [0.15, 0.2) is 76.7 Å². The van der Waals surface area contributed by atoms with Gasteiger partial charge < -0.3 is 4.57 Å². The van der Waals surface area contributed by atoms with Crippen molar-refractivity contribution in [2.75, 3.05) is 6.54 Å². The third kappa shape index (κ3) is 5.82. The van der Waals surface area contributed by atoms with Crippen molar-refractivity contribution < 1.29 is 18.0 Å². The molecule has 12 heteroatoms. The Hall–Kier alpha value is -3.66. The number of alkyl halides is 3. The van der Waals surface area contributed by atoms with Crippen LogP contribution >= 0.6 is 22.9 Å². The predicted octanol–water partition coefficient (Wildman–Crippen LogP) is 6.02. The summed E-state index contributed by atoms with van der Waals surface area (Å²) >= 11 is 7.41. The summed E-state index contributed by atoms with van der Waals surface area (Å²) in [5.41, 5.74) is 1.27. The highest BCUT2D eigenvalue weighted by molar-refractivity contribution is 7.13. The Balaban J connectivity index is 1.36. The number of rotatable bonds is 6. The summed E-state index contributed by atoms with van der Waals surface area (Å²) in [7, 11) is 0. The van der Waals surface area contributed by atoms with Crippen LogP contribution < -0.4 is 4.91 Å². The van der Waals surface area contributed by atoms with Gasteiger partial charge in [0.15, 0.2) is 5.69 Å². The van der Waals surface area contributed by atoms with E-state index in [4.69, 9.17) is 11.6 Å². The third-order valence-electron chi connectivity index (χ3n) is 4.57. The minimum Gasteiger partial charge on any atom is -0.306 e. The van der Waals surface area contributed by atoms with Crippen LogP contribution in [-0.4, -0.2) is 27.0 Å². The van der Waals surface area contributed by atoms with Crippen molar-refractivity contribution >= 4 is 28.8 Å². The molecule has 7 nitrogen and oxygen atoms in total. The zero-order valence-corrected chi connectivity index (χ0v) is 18.8. The van der Waals surface area contributed by atoms with Crippen molar-refractivity contribution in [3.63, 3.8) is 0 Å². The molecule has 0 bridgehead atoms. The Labute approximate surface area is 200 Å². The standard InChI is InChI=1S/C22H15ClF3N6OS/c23-16-6-4-14(5-7-16)21-29-17(12-34-21)8-9-28-31-30-20(33)15-2-1-3-18(10-15)32-11-19(27-13-32)22(24,25)26/h1-7,10-13H,8-9H2/q+1. The number of aromatic nitrogens is 3. The zero-order chi connectivity index (χ0) is 24.1. The first-order valence-corrected chi connectivity index (χ1v) is 11.1. The van der Waals surface area contributed by atoms with Gasteiger partial charge in [-0.3, -0.25) is 4.79 Å². The first-order valence-electron chi connectivity index (χ1n) is 9.83. The Morgan fingerprint density at radius 2 is 1.97 bits per heavy atom. The van der Waals surface area contributed by atoms with E-state index in [0.717, 1.165) is 28.8 Å². The van der Waals surface area contributed by atoms with Gasteiger partial charge in [0.1, 0.15) is 16.7 Å². The lowest BCUT2D eigenvalue weighted by Crippen LogP contribution is -2.05. The molecule has 34 heavy (non-hydrogen) atoms. The fourth-order valence-corrected chi connectivity index (χ4v) is 3.88. The number of halogens is 4. The molecule has 0 spiro atoms. The van der Waals surface area contributed by atoms with E-state index in [1.54, 1.807) is 18.2 Å². The van der Waals surface area contributed by atoms with Gasteiger partial charge in [-0.25, -0.2) is 9.97 Å². The summed E-state index contributed by atoms with van der Waals surface area (Å²) in [4.78, 5) is 23.7. The number of carbonyl (C=O) groups excluding carboxylic acids is 1. The molecule has 0 aliphatic carbocycles. The van der Waals surface area contributed by atoms with Crippen LogP contribution in [0.3, 0.4) is 0 Å². The van der Waals surface area contributed by atoms with Gasteiger partial charge in [-0.2, -0.15) is 13.2 Å². The van der Waals surface area contributed by atoms with E-state index in [9.17, 15) is 18.0 Å². The minimum absolute atomic E-state index is 0.158. The molecule has 0 fully saturated rings. The highest BCUT2D eigenvalue weighted by Crippen LogP contribution is 2.28. The largest absolute Gasteiger partial charge is 0.434 e. The fourth-order valence-electron chi connectivity index (χ4n) is 2.90. The molecule has 0 saturated heterocycles. The SMILES string of the molecule is O=C(N=[N+]=NCCc1csc(-c2ccc(Cl)cc2)n1)c1cccc(-n2cnc(C(F)(F)F)c2)c1. The van der Waals surface area contributed by atoms with E-state index < -0.39 is 17.8 Å². The lowest BCUT2D eigenvalue weighted by atomic mass is 10.2. The van der Waals surface area contributed by atoms with Crippen LogP contribution in [0.5, 0.6) is 0 Å². The monoisotopic (exact) mass is 503 g/mol. The number of imidazole rings is 1. The summed E-state index contributed by atoms with van der Waals surface area (Å²) in [6.45, 7) is 0.288. The van der Waals surface area contributed by atoms with Crippen LogP contribution in [0.25, 0.3) is 16.3 Å². The molecule has 172 valence electrons. The average molecular weight is 504 g/mol. The topological polar surface area (TPSA) is 86.6 Å². The van der Waals surface area contributed by atoms with E-state index in [1.165, 1.54) is 34.1 Å². The van der Waals surface area contributed by atoms with Crippen molar-refractivity contribution in [3.05, 3.63) is 88.4 Å². The molecule has 0 atom stereocenters. The Kier molecular flexibility index (Phi) is 6.97. The summed E-state index contributed by atoms with van der Waals surface area (Å²) in [6, 6.07) is 13.4. The van der Waals surface area contributed by atoms with Crippen LogP contribution in [0.4, 0.5) is 13.2 Å². The molecule has 0 radical (unpaired) electrons. The van der Waals surface area contributed by atoms with Crippen molar-refractivity contribution in [2.45, 2.75) is 12.6 Å². The second-order valence-corrected chi connectivity index (χ2v) is 8.27. The van der Waals surface area contributed by atoms with Crippen molar-refractivity contribution in [3.8, 4) is 16.3 Å². The molecular formula is C22H15ClF3N6OS+. The number of carbonyl (C=O) groups is 1. The normalized spacial score (nSPS) is 11.2. The van der Waals surface area contributed by atoms with Gasteiger partial charge in [0.2, 0.25) is 10.0 Å². The van der Waals surface area contributed by atoms with Crippen LogP contribution in [0, 0.1) is 0 Å². The molecule has 2 aromatic carbocycles. The quantitative estimate of drug-likeness (QED) is 0.238. The van der Waals surface area contributed by atoms with Gasteiger partial charge in [-0.1, -0.05) is 29.8 Å². The lowest BCUT2D eigenvalue weighted by Gasteiger charge is -2.03. The molecule has 0 saturated carbocycles. The molecular weight excluding hydrogens is 489 g/mol. The van der Waals surface area contributed by atoms with Gasteiger partial charge in [-0.15, -0.1) is 11.3 Å². The molecule has 1 amide bonds. The zero-order valence-electron chi connectivity index (χ0n) is 17.3. The predicted molar refractivity (Wildman–Crippen MR) is 121 cm³/mol. The molecule has 0 aliphatic heterocycles. The second kappa shape index (κ2) is 10.1. The maximum absolute atomic E-state index is 12.8. The Bertz CT molecular complexity index is 1370. The van der Waals surface area contributed by atoms with E-state index in [-0.39, 0.29) is 12.1 Å². The second-order valence-electron chi connectivity index (χ2n) is 6.97. The van der Waals surface area contributed by atoms with Crippen LogP contribution in [0.1, 0.15) is 21.7 Å². The molecule has 4 rings (SSSR count). The maximum Gasteiger partial charge on any atom is 0.434 e. The first-order chi connectivity index (χ1) is 16.3. The van der Waals surface area contributed by atoms with E-state index in [1.807, 2.05) is 17.5 Å². The van der Waals surface area contributed by atoms with Crippen LogP contribution in [-0.2, 0) is 12.6 Å². The van der Waals surface area contributed by atoms with E-state index in [2.05, 4.69) is 25.1 Å². The smallest absolute Gasteiger partial charge is 0.306 e. The first kappa shape index (κ1) is 23.5. The van der Waals surface area contributed by atoms with Gasteiger partial charge in [-0.05, 0) is 30.3 Å². The Morgan fingerprint density at radius 1 is 1.18 bits per heavy atom. The molecule has 4 aromatic rings. The molecule has 0 N–H and O–H groups in total. The number of benzene rings is 2. The molecule has 2 heterocycles. The van der Waals surface area contributed by atoms with Crippen LogP contribution in [0.2, 0.25) is 5.02 Å². The highest BCUT2D eigenvalue weighted by Gasteiger charge is 2.33. The van der Waals surface area contributed by atoms with Gasteiger partial charge in [0, 0.05) is 34.3 Å². The van der Waals surface area contributed by atoms with Crippen molar-refractivity contribution in [1.29, 1.82) is 0 Å². The fraction of sp³-hybridized carbons (Fsp3) is 0.136. The minimum atomic E-state index is -4.55. The van der Waals surface area contributed by atoms with Crippen molar-refractivity contribution in [2.24, 2.45) is 10.2 Å². The van der Waals surface area contributed by atoms with Gasteiger partial charge >= 0.3 is 12.1 Å². The molecule has 2 aromatic heterocycles. The molecule has 0 aliphatic rings. The average Bonchev–Trinajstić information content (AvgIpc) is 3.50. The summed E-state index contributed by atoms with van der Waals surface area (Å²) in [5, 5.41) is 10.9. The van der Waals surface area contributed by atoms with E-state index in [0.29, 0.717) is 17.1 Å². The third-order valence-corrected chi connectivity index (χ3v) is 5.77. The summed E-state index contributed by atoms with van der Waals surface area (Å²) in [6.07, 6.45) is -2.16. The molecule has 0 unspecified atom stereocenters. The number of nitrogens with zero attached hydrogens (tertiary/aromatic N) is 6. The number of amides is 1. The maximum atomic E-state index is 12.8. The summed E-state index contributed by atoms with van der Waals surface area (Å²) in [5.74, 6) is -0.666. The summed E-state index contributed by atoms with van der Waals surface area (Å²) < 4.78 is 39.4. The Morgan fingerprint density at radius 3 is 2.71 bits per heavy atom. The van der Waals surface area contributed by atoms with Gasteiger partial charge in [0.25, 0.3) is 0 Å². The van der Waals surface area contributed by atoms with E-state index >= 15 is 0 Å². The number of hydrogen-bond donors (Lipinski definition) is 0. The lowest BCUT2D eigenvalue weighted by molar-refractivity contribution is -0.140. The number of hydrogen-bond acceptors (Lipinski definition) is 5.